The summed E-state index contributed by atoms with van der Waals surface area (Å²) in [7, 11) is 7.75. The fourth-order valence-electron chi connectivity index (χ4n) is 9.87. The summed E-state index contributed by atoms with van der Waals surface area (Å²) in [4.78, 5) is 13.6. The van der Waals surface area contributed by atoms with Crippen LogP contribution in [-0.4, -0.2) is 215 Å². The number of halogens is 4. The molecule has 3 heterocycles. The molecule has 5 aromatic carbocycles. The van der Waals surface area contributed by atoms with E-state index in [-0.39, 0.29) is 23.3 Å². The van der Waals surface area contributed by atoms with Crippen LogP contribution in [0.15, 0.2) is 91.0 Å². The molecule has 5 aromatic rings. The van der Waals surface area contributed by atoms with Crippen molar-refractivity contribution in [2.24, 2.45) is 0 Å². The molecule has 522 valence electrons. The lowest BCUT2D eigenvalue weighted by Crippen LogP contribution is -2.45. The van der Waals surface area contributed by atoms with Crippen molar-refractivity contribution >= 4 is 0 Å². The van der Waals surface area contributed by atoms with Crippen molar-refractivity contribution in [3.8, 4) is 34.5 Å². The Morgan fingerprint density at radius 1 is 0.387 bits per heavy atom. The molecule has 0 spiro atoms. The van der Waals surface area contributed by atoms with Crippen LogP contribution >= 0.6 is 0 Å². The van der Waals surface area contributed by atoms with Crippen molar-refractivity contribution in [1.82, 2.24) is 29.4 Å². The smallest absolute Gasteiger partial charge is 0.165 e. The molecule has 3 fully saturated rings. The molecule has 0 saturated carbocycles. The molecule has 14 nitrogen and oxygen atoms in total. The van der Waals surface area contributed by atoms with E-state index < -0.39 is 0 Å². The van der Waals surface area contributed by atoms with E-state index in [0.29, 0.717) is 85.6 Å². The second-order valence-electron chi connectivity index (χ2n) is 25.6. The Balaban J connectivity index is 0.000000248. The molecule has 0 atom stereocenters. The molecule has 8 rings (SSSR count). The molecular weight excluding hydrogens is 1190 g/mol. The van der Waals surface area contributed by atoms with Crippen LogP contribution < -0.4 is 28.4 Å². The van der Waals surface area contributed by atoms with Gasteiger partial charge < -0.3 is 52.6 Å². The minimum atomic E-state index is -0.273. The van der Waals surface area contributed by atoms with E-state index in [1.807, 2.05) is 77.0 Å². The Kier molecular flexibility index (Phi) is 37.8. The van der Waals surface area contributed by atoms with Crippen LogP contribution in [0.5, 0.6) is 34.5 Å². The number of piperazine rings is 1. The number of benzene rings is 5. The maximum absolute atomic E-state index is 13.9. The summed E-state index contributed by atoms with van der Waals surface area (Å²) >= 11 is 0. The number of rotatable bonds is 28. The van der Waals surface area contributed by atoms with Gasteiger partial charge in [0.2, 0.25) is 0 Å². The molecule has 18 heteroatoms. The molecule has 3 aliphatic rings. The van der Waals surface area contributed by atoms with E-state index in [2.05, 4.69) is 99.1 Å². The molecule has 3 saturated heterocycles. The zero-order valence-corrected chi connectivity index (χ0v) is 59.5. The lowest BCUT2D eigenvalue weighted by atomic mass is 10.0. The SMILES string of the molecule is CC(C)c1ccc(OCCN(C)C)c(F)c1.CC(C)c1ccc(OCCN2CCN(C)CC2)c(F)c1.CC(C)c1ccc(OCCN2CCOCC2)c(F)c1.CCN(CC)CCOc1ccc(C(C)C)cc1F.COc1cc(C(C)C)ccc1OCCN1CCOCC1. The Morgan fingerprint density at radius 3 is 0.978 bits per heavy atom. The number of hydrogen-bond donors (Lipinski definition) is 0. The summed E-state index contributed by atoms with van der Waals surface area (Å²) in [6.45, 7) is 45.3. The Morgan fingerprint density at radius 2 is 0.677 bits per heavy atom. The van der Waals surface area contributed by atoms with Gasteiger partial charge in [-0.25, -0.2) is 17.6 Å². The summed E-state index contributed by atoms with van der Waals surface area (Å²) in [6.07, 6.45) is 0. The normalized spacial score (nSPS) is 14.9. The van der Waals surface area contributed by atoms with Crippen LogP contribution in [0.2, 0.25) is 0 Å². The van der Waals surface area contributed by atoms with Gasteiger partial charge in [0, 0.05) is 85.1 Å². The van der Waals surface area contributed by atoms with E-state index in [4.69, 9.17) is 37.9 Å². The van der Waals surface area contributed by atoms with Crippen LogP contribution in [0.1, 0.15) is 140 Å². The van der Waals surface area contributed by atoms with E-state index in [1.165, 1.54) is 5.56 Å². The largest absolute Gasteiger partial charge is 0.493 e. The Labute approximate surface area is 557 Å². The van der Waals surface area contributed by atoms with Crippen molar-refractivity contribution in [3.05, 3.63) is 142 Å². The number of ether oxygens (including phenoxy) is 8. The highest BCUT2D eigenvalue weighted by atomic mass is 19.1. The molecule has 0 unspecified atom stereocenters. The third kappa shape index (κ3) is 30.7. The van der Waals surface area contributed by atoms with Gasteiger partial charge in [0.1, 0.15) is 33.0 Å². The number of hydrogen-bond acceptors (Lipinski definition) is 14. The standard InChI is InChI=1S/C16H25FN2O.C16H25NO3.C15H22FNO2.C15H24FNO.C13H20FNO/c1-13(2)14-4-5-16(15(17)12-14)20-11-10-19-8-6-18(3)7-9-19;1-13(2)14-4-5-15(16(12-14)18-3)20-11-8-17-6-9-19-10-7-17;1-12(2)13-3-4-15(14(16)11-13)19-10-7-17-5-8-18-9-6-17;1-5-17(6-2)9-10-18-15-8-7-13(12(3)4)11-14(15)16;1-10(2)11-5-6-13(12(14)9-11)16-8-7-15(3)4/h2*4-5,12-13H,6-11H2,1-3H3;3-4,11-12H,5-10H2,1-2H3;7-8,11-12H,5-6,9-10H2,1-4H3;5-6,9-10H,7-8H2,1-4H3. The molecule has 0 aliphatic carbocycles. The third-order valence-corrected chi connectivity index (χ3v) is 16.5. The highest BCUT2D eigenvalue weighted by Crippen LogP contribution is 2.31. The van der Waals surface area contributed by atoms with Gasteiger partial charge in [-0.3, -0.25) is 14.7 Å². The lowest BCUT2D eigenvalue weighted by molar-refractivity contribution is 0.0320. The molecule has 3 aliphatic heterocycles. The minimum absolute atomic E-state index is 0.255. The quantitative estimate of drug-likeness (QED) is 0.0445. The predicted molar refractivity (Wildman–Crippen MR) is 371 cm³/mol. The van der Waals surface area contributed by atoms with E-state index in [1.54, 1.807) is 55.6 Å². The van der Waals surface area contributed by atoms with Gasteiger partial charge in [0.05, 0.1) is 33.5 Å². The van der Waals surface area contributed by atoms with Crippen molar-refractivity contribution < 1.29 is 55.5 Å². The maximum Gasteiger partial charge on any atom is 0.165 e. The van der Waals surface area contributed by atoms with Gasteiger partial charge in [0.15, 0.2) is 57.8 Å². The summed E-state index contributed by atoms with van der Waals surface area (Å²) in [5, 5.41) is 0. The van der Waals surface area contributed by atoms with Crippen LogP contribution in [0, 0.1) is 23.3 Å². The Bertz CT molecular complexity index is 2820. The van der Waals surface area contributed by atoms with Gasteiger partial charge in [-0.2, -0.15) is 0 Å². The van der Waals surface area contributed by atoms with Crippen molar-refractivity contribution in [2.75, 3.05) is 186 Å². The first-order valence-corrected chi connectivity index (χ1v) is 33.9. The van der Waals surface area contributed by atoms with Gasteiger partial charge >= 0.3 is 0 Å². The zero-order valence-electron chi connectivity index (χ0n) is 59.5. The molecule has 93 heavy (non-hydrogen) atoms. The van der Waals surface area contributed by atoms with Crippen LogP contribution in [0.4, 0.5) is 17.6 Å². The van der Waals surface area contributed by atoms with E-state index >= 15 is 0 Å². The summed E-state index contributed by atoms with van der Waals surface area (Å²) in [5.41, 5.74) is 5.27. The molecule has 0 bridgehead atoms. The Hall–Kier alpha value is -5.70. The number of likely N-dealkylation sites (N-methyl/N-ethyl adjacent to an activating group) is 3. The zero-order chi connectivity index (χ0) is 68.2. The summed E-state index contributed by atoms with van der Waals surface area (Å²) in [6, 6.07) is 27.1. The average Bonchev–Trinajstić information content (AvgIpc) is 1.50. The molecule has 0 amide bonds. The highest BCUT2D eigenvalue weighted by molar-refractivity contribution is 5.44. The van der Waals surface area contributed by atoms with Crippen molar-refractivity contribution in [2.45, 2.75) is 113 Å². The maximum atomic E-state index is 13.9. The number of morpholine rings is 2. The van der Waals surface area contributed by atoms with Crippen LogP contribution in [0.3, 0.4) is 0 Å². The molecular formula is C75H116F4N6O8. The fourth-order valence-corrected chi connectivity index (χ4v) is 9.87. The highest BCUT2D eigenvalue weighted by Gasteiger charge is 2.17. The first-order chi connectivity index (χ1) is 44.5. The number of methoxy groups -OCH3 is 1. The second-order valence-corrected chi connectivity index (χ2v) is 25.6. The average molecular weight is 1310 g/mol. The molecule has 0 N–H and O–H groups in total. The van der Waals surface area contributed by atoms with E-state index in [0.717, 1.165) is 158 Å². The van der Waals surface area contributed by atoms with Crippen molar-refractivity contribution in [3.63, 3.8) is 0 Å². The van der Waals surface area contributed by atoms with Gasteiger partial charge in [0.25, 0.3) is 0 Å². The second kappa shape index (κ2) is 44.1. The van der Waals surface area contributed by atoms with Gasteiger partial charge in [-0.15, -0.1) is 0 Å². The third-order valence-electron chi connectivity index (χ3n) is 16.5. The van der Waals surface area contributed by atoms with Crippen LogP contribution in [-0.2, 0) is 9.47 Å². The monoisotopic (exact) mass is 1300 g/mol. The van der Waals surface area contributed by atoms with Crippen LogP contribution in [0.25, 0.3) is 0 Å². The summed E-state index contributed by atoms with van der Waals surface area (Å²) in [5.74, 6) is 3.82. The van der Waals surface area contributed by atoms with E-state index in [9.17, 15) is 17.6 Å². The lowest BCUT2D eigenvalue weighted by Gasteiger charge is -2.32. The topological polar surface area (TPSA) is 93.3 Å². The first kappa shape index (κ1) is 79.7. The van der Waals surface area contributed by atoms with Gasteiger partial charge in [-0.1, -0.05) is 113 Å². The van der Waals surface area contributed by atoms with Gasteiger partial charge in [-0.05, 0) is 152 Å². The molecule has 0 radical (unpaired) electrons. The number of nitrogens with zero attached hydrogens (tertiary/aromatic N) is 6. The fraction of sp³-hybridized carbons (Fsp3) is 0.600. The first-order valence-electron chi connectivity index (χ1n) is 33.9. The minimum Gasteiger partial charge on any atom is -0.493 e. The molecule has 0 aromatic heterocycles. The predicted octanol–water partition coefficient (Wildman–Crippen LogP) is 14.3. The van der Waals surface area contributed by atoms with Crippen molar-refractivity contribution in [1.29, 1.82) is 0 Å². The summed E-state index contributed by atoms with van der Waals surface area (Å²) < 4.78 is 98.9.